The van der Waals surface area contributed by atoms with Crippen molar-refractivity contribution in [2.24, 2.45) is 0 Å². The third-order valence-electron chi connectivity index (χ3n) is 8.80. The van der Waals surface area contributed by atoms with E-state index in [1.165, 1.54) is 0 Å². The predicted octanol–water partition coefficient (Wildman–Crippen LogP) is 1.35. The Hall–Kier alpha value is -3.70. The molecule has 0 unspecified atom stereocenters. The van der Waals surface area contributed by atoms with E-state index in [9.17, 15) is 0 Å². The standard InChI is InChI=1S/C32H51N11O5/c1-44-21-17-42(18-22-45-2)31-36-27-26(28(37-31)39-11-7-25(48-5)8-12-39)35-32(43(19-23-46-3)20-24-47-4)38-29(27)40-13-15-41(16-14-40)30-33-9-6-10-34-30/h6,9-10,25H,7-8,11-24H2,1-5H3. The van der Waals surface area contributed by atoms with Crippen molar-refractivity contribution < 1.29 is 23.7 Å². The second-order valence-corrected chi connectivity index (χ2v) is 11.8. The quantitative estimate of drug-likeness (QED) is 0.192. The summed E-state index contributed by atoms with van der Waals surface area (Å²) in [7, 11) is 8.59. The molecule has 0 bridgehead atoms. The Balaban J connectivity index is 1.64. The Morgan fingerprint density at radius 2 is 1.00 bits per heavy atom. The number of fused-ring (bicyclic) bond motifs is 1. The predicted molar refractivity (Wildman–Crippen MR) is 186 cm³/mol. The summed E-state index contributed by atoms with van der Waals surface area (Å²) in [5.74, 6) is 3.50. The molecule has 3 aromatic rings. The van der Waals surface area contributed by atoms with Crippen molar-refractivity contribution in [3.8, 4) is 0 Å². The number of methoxy groups -OCH3 is 5. The molecule has 0 spiro atoms. The van der Waals surface area contributed by atoms with E-state index >= 15 is 0 Å². The van der Waals surface area contributed by atoms with Crippen molar-refractivity contribution in [3.05, 3.63) is 18.5 Å². The van der Waals surface area contributed by atoms with E-state index < -0.39 is 0 Å². The highest BCUT2D eigenvalue weighted by Crippen LogP contribution is 2.34. The normalized spacial score (nSPS) is 15.8. The van der Waals surface area contributed by atoms with Crippen LogP contribution in [-0.2, 0) is 23.7 Å². The van der Waals surface area contributed by atoms with Gasteiger partial charge in [0.05, 0.1) is 32.5 Å². The Morgan fingerprint density at radius 3 is 1.42 bits per heavy atom. The molecule has 0 N–H and O–H groups in total. The molecule has 0 atom stereocenters. The Labute approximate surface area is 283 Å². The molecule has 16 heteroatoms. The van der Waals surface area contributed by atoms with Crippen molar-refractivity contribution in [1.82, 2.24) is 29.9 Å². The SMILES string of the molecule is COCCN(CCOC)c1nc(N2CCN(c3ncccn3)CC2)c2nc(N(CCOC)CCOC)nc(N3CCC(OC)CC3)c2n1. The van der Waals surface area contributed by atoms with Gasteiger partial charge in [0.15, 0.2) is 11.6 Å². The van der Waals surface area contributed by atoms with E-state index in [1.807, 2.05) is 6.07 Å². The number of aromatic nitrogens is 6. The average Bonchev–Trinajstić information content (AvgIpc) is 3.14. The van der Waals surface area contributed by atoms with E-state index in [1.54, 1.807) is 47.9 Å². The number of nitrogens with zero attached hydrogens (tertiary/aromatic N) is 11. The van der Waals surface area contributed by atoms with Crippen molar-refractivity contribution >= 4 is 40.5 Å². The first-order valence-corrected chi connectivity index (χ1v) is 16.7. The number of hydrogen-bond acceptors (Lipinski definition) is 16. The molecule has 2 aliphatic rings. The summed E-state index contributed by atoms with van der Waals surface area (Å²) in [5, 5.41) is 0. The fourth-order valence-corrected chi connectivity index (χ4v) is 5.99. The van der Waals surface area contributed by atoms with Gasteiger partial charge in [-0.1, -0.05) is 0 Å². The molecule has 0 aromatic carbocycles. The lowest BCUT2D eigenvalue weighted by Gasteiger charge is -2.37. The van der Waals surface area contributed by atoms with Crippen LogP contribution in [0.15, 0.2) is 18.5 Å². The molecule has 48 heavy (non-hydrogen) atoms. The monoisotopic (exact) mass is 669 g/mol. The van der Waals surface area contributed by atoms with Gasteiger partial charge in [0, 0.05) is 113 Å². The molecule has 2 saturated heterocycles. The van der Waals surface area contributed by atoms with Crippen LogP contribution in [0.4, 0.5) is 29.5 Å². The van der Waals surface area contributed by atoms with E-state index in [4.69, 9.17) is 43.6 Å². The van der Waals surface area contributed by atoms with Gasteiger partial charge in [-0.25, -0.2) is 19.9 Å². The topological polar surface area (TPSA) is 140 Å². The van der Waals surface area contributed by atoms with Crippen LogP contribution in [0, 0.1) is 0 Å². The van der Waals surface area contributed by atoms with Crippen molar-refractivity contribution in [3.63, 3.8) is 0 Å². The first-order valence-electron chi connectivity index (χ1n) is 16.7. The van der Waals surface area contributed by atoms with Gasteiger partial charge in [-0.2, -0.15) is 9.97 Å². The maximum atomic E-state index is 5.71. The zero-order valence-electron chi connectivity index (χ0n) is 29.1. The molecule has 0 radical (unpaired) electrons. The maximum Gasteiger partial charge on any atom is 0.228 e. The number of piperazine rings is 1. The van der Waals surface area contributed by atoms with Crippen LogP contribution in [0.1, 0.15) is 12.8 Å². The largest absolute Gasteiger partial charge is 0.383 e. The van der Waals surface area contributed by atoms with Gasteiger partial charge in [0.1, 0.15) is 11.0 Å². The first kappa shape index (κ1) is 35.6. The van der Waals surface area contributed by atoms with Crippen LogP contribution < -0.4 is 24.5 Å². The summed E-state index contributed by atoms with van der Waals surface area (Å²) in [5.41, 5.74) is 1.44. The number of anilines is 5. The highest BCUT2D eigenvalue weighted by molar-refractivity contribution is 5.95. The van der Waals surface area contributed by atoms with Gasteiger partial charge >= 0.3 is 0 Å². The molecular weight excluding hydrogens is 618 g/mol. The summed E-state index contributed by atoms with van der Waals surface area (Å²) in [6, 6.07) is 1.84. The van der Waals surface area contributed by atoms with E-state index in [-0.39, 0.29) is 6.10 Å². The van der Waals surface area contributed by atoms with Crippen LogP contribution >= 0.6 is 0 Å². The maximum absolute atomic E-state index is 5.71. The minimum absolute atomic E-state index is 0.220. The fourth-order valence-electron chi connectivity index (χ4n) is 5.99. The molecule has 3 aromatic heterocycles. The smallest absolute Gasteiger partial charge is 0.228 e. The van der Waals surface area contributed by atoms with Crippen molar-refractivity contribution in [2.45, 2.75) is 18.9 Å². The molecular formula is C32H51N11O5. The highest BCUT2D eigenvalue weighted by atomic mass is 16.5. The number of hydrogen-bond donors (Lipinski definition) is 0. The third-order valence-corrected chi connectivity index (χ3v) is 8.80. The second kappa shape index (κ2) is 18.2. The van der Waals surface area contributed by atoms with Gasteiger partial charge in [0.25, 0.3) is 0 Å². The molecule has 16 nitrogen and oxygen atoms in total. The lowest BCUT2D eigenvalue weighted by atomic mass is 10.1. The van der Waals surface area contributed by atoms with Crippen LogP contribution in [0.5, 0.6) is 0 Å². The minimum atomic E-state index is 0.220. The van der Waals surface area contributed by atoms with Gasteiger partial charge < -0.3 is 48.2 Å². The van der Waals surface area contributed by atoms with Crippen LogP contribution in [0.2, 0.25) is 0 Å². The lowest BCUT2D eigenvalue weighted by Crippen LogP contribution is -2.47. The van der Waals surface area contributed by atoms with Gasteiger partial charge in [-0.3, -0.25) is 0 Å². The van der Waals surface area contributed by atoms with Crippen LogP contribution in [0.25, 0.3) is 11.0 Å². The average molecular weight is 670 g/mol. The Bertz CT molecular complexity index is 1380. The lowest BCUT2D eigenvalue weighted by molar-refractivity contribution is 0.0818. The molecule has 5 rings (SSSR count). The first-order chi connectivity index (χ1) is 23.6. The molecule has 0 aliphatic carbocycles. The van der Waals surface area contributed by atoms with Gasteiger partial charge in [-0.05, 0) is 18.9 Å². The molecule has 5 heterocycles. The summed E-state index contributed by atoms with van der Waals surface area (Å²) >= 11 is 0. The Kier molecular flexibility index (Phi) is 13.5. The Morgan fingerprint density at radius 1 is 0.583 bits per heavy atom. The molecule has 2 fully saturated rings. The van der Waals surface area contributed by atoms with E-state index in [0.29, 0.717) is 77.6 Å². The molecule has 0 saturated carbocycles. The summed E-state index contributed by atoms with van der Waals surface area (Å²) in [6.07, 6.45) is 5.58. The van der Waals surface area contributed by atoms with Gasteiger partial charge in [-0.15, -0.1) is 0 Å². The molecule has 264 valence electrons. The number of ether oxygens (including phenoxy) is 5. The zero-order valence-corrected chi connectivity index (χ0v) is 29.1. The molecule has 0 amide bonds. The van der Waals surface area contributed by atoms with Crippen molar-refractivity contribution in [1.29, 1.82) is 0 Å². The third kappa shape index (κ3) is 8.85. The summed E-state index contributed by atoms with van der Waals surface area (Å²) in [6.45, 7) is 9.05. The number of piperidine rings is 1. The highest BCUT2D eigenvalue weighted by Gasteiger charge is 2.30. The summed E-state index contributed by atoms with van der Waals surface area (Å²) in [4.78, 5) is 40.9. The number of rotatable bonds is 18. The van der Waals surface area contributed by atoms with Crippen LogP contribution in [0.3, 0.4) is 0 Å². The van der Waals surface area contributed by atoms with E-state index in [2.05, 4.69) is 34.5 Å². The zero-order chi connectivity index (χ0) is 33.7. The second-order valence-electron chi connectivity index (χ2n) is 11.8. The fraction of sp³-hybridized carbons (Fsp3) is 0.688. The summed E-state index contributed by atoms with van der Waals surface area (Å²) < 4.78 is 27.6. The van der Waals surface area contributed by atoms with Crippen LogP contribution in [-0.4, -0.2) is 163 Å². The van der Waals surface area contributed by atoms with E-state index in [0.717, 1.165) is 67.6 Å². The van der Waals surface area contributed by atoms with Crippen molar-refractivity contribution in [2.75, 3.05) is 152 Å². The van der Waals surface area contributed by atoms with Gasteiger partial charge in [0.2, 0.25) is 17.8 Å². The minimum Gasteiger partial charge on any atom is -0.383 e. The molecule has 2 aliphatic heterocycles.